The molecule has 0 aliphatic rings. The largest absolute Gasteiger partial charge is 0.485 e. The molecule has 0 aliphatic carbocycles. The van der Waals surface area contributed by atoms with E-state index in [1.165, 1.54) is 0 Å². The first-order valence-electron chi connectivity index (χ1n) is 7.79. The Balaban J connectivity index is 0.00000312. The first-order chi connectivity index (χ1) is 11.3. The number of ether oxygens (including phenoxy) is 1. The highest BCUT2D eigenvalue weighted by Gasteiger charge is 2.23. The second-order valence-corrected chi connectivity index (χ2v) is 6.54. The maximum atomic E-state index is 12.7. The second kappa shape index (κ2) is 8.82. The molecule has 0 saturated carbocycles. The summed E-state index contributed by atoms with van der Waals surface area (Å²) < 4.78 is 10.6. The Morgan fingerprint density at radius 1 is 1.36 bits per heavy atom. The molecule has 2 N–H and O–H groups in total. The van der Waals surface area contributed by atoms with Gasteiger partial charge in [-0.1, -0.05) is 31.1 Å². The molecular weight excluding hydrogens is 344 g/mol. The summed E-state index contributed by atoms with van der Waals surface area (Å²) in [5.41, 5.74) is 6.10. The molecule has 0 bridgehead atoms. The average molecular weight is 369 g/mol. The monoisotopic (exact) mass is 368 g/mol. The van der Waals surface area contributed by atoms with Gasteiger partial charge < -0.3 is 19.9 Å². The predicted molar refractivity (Wildman–Crippen MR) is 96.9 cm³/mol. The highest BCUT2D eigenvalue weighted by molar-refractivity contribution is 5.96. The van der Waals surface area contributed by atoms with Crippen LogP contribution in [0.15, 0.2) is 28.8 Å². The number of amides is 1. The van der Waals surface area contributed by atoms with E-state index in [0.717, 1.165) is 0 Å². The Bertz CT molecular complexity index is 703. The van der Waals surface area contributed by atoms with Gasteiger partial charge >= 0.3 is 0 Å². The molecule has 0 fully saturated rings. The van der Waals surface area contributed by atoms with Gasteiger partial charge in [-0.25, -0.2) is 0 Å². The van der Waals surface area contributed by atoms with Crippen LogP contribution in [0, 0.1) is 12.3 Å². The highest BCUT2D eigenvalue weighted by Crippen LogP contribution is 2.22. The quantitative estimate of drug-likeness (QED) is 0.806. The van der Waals surface area contributed by atoms with Gasteiger partial charge in [0.05, 0.1) is 5.56 Å². The zero-order chi connectivity index (χ0) is 17.7. The first kappa shape index (κ1) is 20.9. The summed E-state index contributed by atoms with van der Waals surface area (Å²) in [4.78, 5) is 18.5. The van der Waals surface area contributed by atoms with Crippen molar-refractivity contribution < 1.29 is 14.1 Å². The van der Waals surface area contributed by atoms with Gasteiger partial charge in [-0.3, -0.25) is 4.79 Å². The van der Waals surface area contributed by atoms with Crippen LogP contribution in [0.5, 0.6) is 5.75 Å². The lowest BCUT2D eigenvalue weighted by atomic mass is 9.93. The third-order valence-electron chi connectivity index (χ3n) is 3.61. The first-order valence-corrected chi connectivity index (χ1v) is 7.79. The average Bonchev–Trinajstić information content (AvgIpc) is 2.97. The lowest BCUT2D eigenvalue weighted by Crippen LogP contribution is -2.39. The number of carbonyl (C=O) groups excluding carboxylic acids is 1. The molecule has 0 unspecified atom stereocenters. The van der Waals surface area contributed by atoms with E-state index in [4.69, 9.17) is 15.0 Å². The van der Waals surface area contributed by atoms with Gasteiger partial charge in [0.25, 0.3) is 5.91 Å². The van der Waals surface area contributed by atoms with Crippen molar-refractivity contribution in [3.8, 4) is 5.75 Å². The maximum absolute atomic E-state index is 12.7. The third kappa shape index (κ3) is 5.72. The van der Waals surface area contributed by atoms with E-state index in [1.807, 2.05) is 19.9 Å². The second-order valence-electron chi connectivity index (χ2n) is 6.54. The van der Waals surface area contributed by atoms with E-state index in [9.17, 15) is 4.79 Å². The number of nitrogens with two attached hydrogens (primary N) is 1. The van der Waals surface area contributed by atoms with Gasteiger partial charge in [-0.05, 0) is 24.1 Å². The normalized spacial score (nSPS) is 10.9. The van der Waals surface area contributed by atoms with Crippen LogP contribution in [-0.2, 0) is 6.61 Å². The van der Waals surface area contributed by atoms with E-state index in [1.54, 1.807) is 37.1 Å². The number of nitrogens with zero attached hydrogens (tertiary/aromatic N) is 3. The molecule has 25 heavy (non-hydrogen) atoms. The Morgan fingerprint density at radius 2 is 2.04 bits per heavy atom. The van der Waals surface area contributed by atoms with Gasteiger partial charge in [0, 0.05) is 20.5 Å². The summed E-state index contributed by atoms with van der Waals surface area (Å²) in [6, 6.07) is 7.12. The van der Waals surface area contributed by atoms with Crippen molar-refractivity contribution >= 4 is 18.3 Å². The molecule has 1 aromatic heterocycles. The van der Waals surface area contributed by atoms with Crippen LogP contribution in [0.2, 0.25) is 0 Å². The third-order valence-corrected chi connectivity index (χ3v) is 3.61. The van der Waals surface area contributed by atoms with Gasteiger partial charge in [0.15, 0.2) is 6.61 Å². The van der Waals surface area contributed by atoms with Crippen LogP contribution in [0.25, 0.3) is 0 Å². The van der Waals surface area contributed by atoms with Gasteiger partial charge in [-0.15, -0.1) is 12.4 Å². The summed E-state index contributed by atoms with van der Waals surface area (Å²) in [6.07, 6.45) is 0. The molecule has 2 rings (SSSR count). The van der Waals surface area contributed by atoms with Crippen LogP contribution in [0.4, 0.5) is 0 Å². The predicted octanol–water partition coefficient (Wildman–Crippen LogP) is 2.44. The fraction of sp³-hybridized carbons (Fsp3) is 0.471. The number of aromatic nitrogens is 2. The summed E-state index contributed by atoms with van der Waals surface area (Å²) in [6.45, 7) is 6.96. The number of aryl methyl sites for hydroxylation is 1. The lowest BCUT2D eigenvalue weighted by Gasteiger charge is -2.29. The fourth-order valence-corrected chi connectivity index (χ4v) is 2.30. The van der Waals surface area contributed by atoms with Crippen molar-refractivity contribution in [1.29, 1.82) is 0 Å². The molecule has 0 aliphatic heterocycles. The number of rotatable bonds is 7. The van der Waals surface area contributed by atoms with Gasteiger partial charge in [0.1, 0.15) is 5.75 Å². The maximum Gasteiger partial charge on any atom is 0.257 e. The van der Waals surface area contributed by atoms with Crippen molar-refractivity contribution in [2.75, 3.05) is 20.1 Å². The van der Waals surface area contributed by atoms with E-state index < -0.39 is 0 Å². The Labute approximate surface area is 153 Å². The summed E-state index contributed by atoms with van der Waals surface area (Å²) >= 11 is 0. The summed E-state index contributed by atoms with van der Waals surface area (Å²) in [5, 5.41) is 3.78. The van der Waals surface area contributed by atoms with Crippen LogP contribution < -0.4 is 10.5 Å². The standard InChI is InChI=1S/C17H24N4O3.ClH/c1-12-19-15(20-24-12)9-23-14-8-6-5-7-13(14)16(22)21(4)11-17(2,3)10-18;/h5-8H,9-11,18H2,1-4H3;1H. The Hall–Kier alpha value is -2.12. The molecule has 7 nitrogen and oxygen atoms in total. The van der Waals surface area contributed by atoms with Crippen molar-refractivity contribution in [3.63, 3.8) is 0 Å². The van der Waals surface area contributed by atoms with Crippen molar-refractivity contribution in [2.45, 2.75) is 27.4 Å². The SMILES string of the molecule is Cc1nc(COc2ccccc2C(=O)N(C)CC(C)(C)CN)no1.Cl. The van der Waals surface area contributed by atoms with Gasteiger partial charge in [-0.2, -0.15) is 4.98 Å². The number of hydrogen-bond acceptors (Lipinski definition) is 6. The molecule has 1 aromatic carbocycles. The van der Waals surface area contributed by atoms with Crippen molar-refractivity contribution in [1.82, 2.24) is 15.0 Å². The minimum atomic E-state index is -0.150. The zero-order valence-electron chi connectivity index (χ0n) is 15.0. The van der Waals surface area contributed by atoms with Crippen molar-refractivity contribution in [2.24, 2.45) is 11.1 Å². The van der Waals surface area contributed by atoms with E-state index in [2.05, 4.69) is 10.1 Å². The van der Waals surface area contributed by atoms with Gasteiger partial charge in [0.2, 0.25) is 11.7 Å². The van der Waals surface area contributed by atoms with Crippen LogP contribution in [-0.4, -0.2) is 41.1 Å². The minimum absolute atomic E-state index is 0. The van der Waals surface area contributed by atoms with E-state index in [-0.39, 0.29) is 30.3 Å². The van der Waals surface area contributed by atoms with Crippen LogP contribution in [0.3, 0.4) is 0 Å². The molecule has 0 radical (unpaired) electrons. The molecular formula is C17H25ClN4O3. The fourth-order valence-electron chi connectivity index (χ4n) is 2.30. The highest BCUT2D eigenvalue weighted by atomic mass is 35.5. The molecule has 138 valence electrons. The zero-order valence-corrected chi connectivity index (χ0v) is 15.8. The smallest absolute Gasteiger partial charge is 0.257 e. The number of benzene rings is 1. The number of hydrogen-bond donors (Lipinski definition) is 1. The Morgan fingerprint density at radius 3 is 2.64 bits per heavy atom. The number of halogens is 1. The van der Waals surface area contributed by atoms with E-state index >= 15 is 0 Å². The van der Waals surface area contributed by atoms with Crippen LogP contribution >= 0.6 is 12.4 Å². The lowest BCUT2D eigenvalue weighted by molar-refractivity contribution is 0.0735. The molecule has 2 aromatic rings. The minimum Gasteiger partial charge on any atom is -0.485 e. The molecule has 1 heterocycles. The topological polar surface area (TPSA) is 94.5 Å². The summed E-state index contributed by atoms with van der Waals surface area (Å²) in [7, 11) is 1.76. The number of carbonyl (C=O) groups is 1. The van der Waals surface area contributed by atoms with E-state index in [0.29, 0.717) is 36.1 Å². The molecule has 8 heteroatoms. The molecule has 0 saturated heterocycles. The molecule has 0 atom stereocenters. The molecule has 0 spiro atoms. The summed E-state index contributed by atoms with van der Waals surface area (Å²) in [5.74, 6) is 1.29. The van der Waals surface area contributed by atoms with Crippen LogP contribution in [0.1, 0.15) is 35.9 Å². The number of para-hydroxylation sites is 1. The Kier molecular flexibility index (Phi) is 7.38. The molecule has 1 amide bonds. The van der Waals surface area contributed by atoms with Crippen molar-refractivity contribution in [3.05, 3.63) is 41.5 Å².